The number of likely N-dealkylation sites (tertiary alicyclic amines) is 1. The fourth-order valence-corrected chi connectivity index (χ4v) is 6.07. The first kappa shape index (κ1) is 27.3. The van der Waals surface area contributed by atoms with Gasteiger partial charge in [0.1, 0.15) is 5.82 Å². The molecule has 0 aromatic heterocycles. The molecule has 188 valence electrons. The van der Waals surface area contributed by atoms with Crippen molar-refractivity contribution in [3.63, 3.8) is 0 Å². The van der Waals surface area contributed by atoms with Crippen LogP contribution in [0.3, 0.4) is 0 Å². The lowest BCUT2D eigenvalue weighted by molar-refractivity contribution is 0.203. The SMILES string of the molecule is CN(CC(CCN1CCC(c2ccccc2)CC1)c1ccc(F)cc1)S(=O)(=O)c1ccccc1.Cl. The van der Waals surface area contributed by atoms with Crippen molar-refractivity contribution in [3.05, 3.63) is 102 Å². The fraction of sp³-hybridized carbons (Fsp3) is 0.357. The van der Waals surface area contributed by atoms with Gasteiger partial charge in [0.2, 0.25) is 10.0 Å². The van der Waals surface area contributed by atoms with Gasteiger partial charge in [0.15, 0.2) is 0 Å². The number of sulfonamides is 1. The highest BCUT2D eigenvalue weighted by Gasteiger charge is 2.26. The Morgan fingerprint density at radius 3 is 2.09 bits per heavy atom. The Labute approximate surface area is 215 Å². The number of benzene rings is 3. The Hall–Kier alpha value is -2.25. The van der Waals surface area contributed by atoms with E-state index in [9.17, 15) is 12.8 Å². The van der Waals surface area contributed by atoms with E-state index in [0.717, 1.165) is 44.5 Å². The van der Waals surface area contributed by atoms with E-state index in [1.165, 1.54) is 22.0 Å². The summed E-state index contributed by atoms with van der Waals surface area (Å²) in [7, 11) is -1.96. The summed E-state index contributed by atoms with van der Waals surface area (Å²) in [6, 6.07) is 25.7. The van der Waals surface area contributed by atoms with Crippen LogP contribution >= 0.6 is 12.4 Å². The third-order valence-corrected chi connectivity index (χ3v) is 8.76. The Bertz CT molecular complexity index is 1140. The van der Waals surface area contributed by atoms with Gasteiger partial charge >= 0.3 is 0 Å². The van der Waals surface area contributed by atoms with Crippen LogP contribution in [0.15, 0.2) is 89.8 Å². The Balaban J connectivity index is 0.00000342. The number of hydrogen-bond donors (Lipinski definition) is 0. The average molecular weight is 517 g/mol. The number of hydrogen-bond acceptors (Lipinski definition) is 3. The minimum atomic E-state index is -3.59. The number of rotatable bonds is 9. The molecule has 1 aliphatic heterocycles. The molecule has 1 fully saturated rings. The summed E-state index contributed by atoms with van der Waals surface area (Å²) in [4.78, 5) is 2.76. The molecule has 1 heterocycles. The second kappa shape index (κ2) is 12.6. The van der Waals surface area contributed by atoms with Crippen molar-refractivity contribution in [2.45, 2.75) is 36.0 Å². The molecule has 35 heavy (non-hydrogen) atoms. The van der Waals surface area contributed by atoms with Gasteiger partial charge in [-0.2, -0.15) is 0 Å². The number of nitrogens with zero attached hydrogens (tertiary/aromatic N) is 2. The van der Waals surface area contributed by atoms with E-state index in [-0.39, 0.29) is 24.1 Å². The Morgan fingerprint density at radius 2 is 1.49 bits per heavy atom. The van der Waals surface area contributed by atoms with E-state index in [0.29, 0.717) is 17.4 Å². The molecule has 1 saturated heterocycles. The molecule has 0 aliphatic carbocycles. The minimum absolute atomic E-state index is 0. The normalized spacial score (nSPS) is 16.1. The monoisotopic (exact) mass is 516 g/mol. The molecule has 3 aromatic carbocycles. The highest BCUT2D eigenvalue weighted by Crippen LogP contribution is 2.29. The first-order chi connectivity index (χ1) is 16.4. The van der Waals surface area contributed by atoms with Crippen LogP contribution in [0.1, 0.15) is 42.2 Å². The molecule has 4 rings (SSSR count). The smallest absolute Gasteiger partial charge is 0.242 e. The van der Waals surface area contributed by atoms with E-state index in [2.05, 4.69) is 35.2 Å². The van der Waals surface area contributed by atoms with Gasteiger partial charge < -0.3 is 4.90 Å². The van der Waals surface area contributed by atoms with Gasteiger partial charge in [-0.3, -0.25) is 0 Å². The first-order valence-electron chi connectivity index (χ1n) is 12.0. The largest absolute Gasteiger partial charge is 0.303 e. The van der Waals surface area contributed by atoms with Crippen molar-refractivity contribution < 1.29 is 12.8 Å². The van der Waals surface area contributed by atoms with Gasteiger partial charge in [-0.05, 0) is 86.1 Å². The first-order valence-corrected chi connectivity index (χ1v) is 13.4. The molecule has 0 spiro atoms. The lowest BCUT2D eigenvalue weighted by atomic mass is 9.89. The molecule has 0 N–H and O–H groups in total. The summed E-state index contributed by atoms with van der Waals surface area (Å²) in [6.45, 7) is 3.31. The van der Waals surface area contributed by atoms with Crippen LogP contribution in [-0.2, 0) is 10.0 Å². The van der Waals surface area contributed by atoms with Crippen LogP contribution in [0, 0.1) is 5.82 Å². The molecule has 7 heteroatoms. The van der Waals surface area contributed by atoms with Gasteiger partial charge in [0.25, 0.3) is 0 Å². The molecule has 0 saturated carbocycles. The van der Waals surface area contributed by atoms with Crippen molar-refractivity contribution >= 4 is 22.4 Å². The van der Waals surface area contributed by atoms with Crippen molar-refractivity contribution in [1.82, 2.24) is 9.21 Å². The molecule has 0 amide bonds. The molecule has 1 unspecified atom stereocenters. The highest BCUT2D eigenvalue weighted by atomic mass is 35.5. The van der Waals surface area contributed by atoms with E-state index in [4.69, 9.17) is 0 Å². The van der Waals surface area contributed by atoms with Crippen molar-refractivity contribution in [1.29, 1.82) is 0 Å². The summed E-state index contributed by atoms with van der Waals surface area (Å²) in [5.41, 5.74) is 2.38. The summed E-state index contributed by atoms with van der Waals surface area (Å²) < 4.78 is 41.2. The van der Waals surface area contributed by atoms with Gasteiger partial charge in [-0.15, -0.1) is 12.4 Å². The van der Waals surface area contributed by atoms with E-state index in [1.54, 1.807) is 49.5 Å². The Kier molecular flexibility index (Phi) is 9.87. The molecule has 1 aliphatic rings. The predicted molar refractivity (Wildman–Crippen MR) is 142 cm³/mol. The summed E-state index contributed by atoms with van der Waals surface area (Å²) in [5, 5.41) is 0. The lowest BCUT2D eigenvalue weighted by Crippen LogP contribution is -2.36. The fourth-order valence-electron chi connectivity index (χ4n) is 4.83. The van der Waals surface area contributed by atoms with Crippen molar-refractivity contribution in [2.24, 2.45) is 0 Å². The number of halogens is 2. The molecular formula is C28H34ClFN2O2S. The topological polar surface area (TPSA) is 40.6 Å². The molecule has 3 aromatic rings. The van der Waals surface area contributed by atoms with Crippen LogP contribution in [0.25, 0.3) is 0 Å². The van der Waals surface area contributed by atoms with Crippen LogP contribution < -0.4 is 0 Å². The zero-order chi connectivity index (χ0) is 24.0. The maximum absolute atomic E-state index is 13.6. The average Bonchev–Trinajstić information content (AvgIpc) is 2.88. The van der Waals surface area contributed by atoms with E-state index in [1.807, 2.05) is 0 Å². The van der Waals surface area contributed by atoms with Gasteiger partial charge in [0.05, 0.1) is 4.90 Å². The maximum Gasteiger partial charge on any atom is 0.242 e. The van der Waals surface area contributed by atoms with E-state index < -0.39 is 10.0 Å². The third kappa shape index (κ3) is 7.14. The number of likely N-dealkylation sites (N-methyl/N-ethyl adjacent to an activating group) is 1. The van der Waals surface area contributed by atoms with Gasteiger partial charge in [-0.1, -0.05) is 60.7 Å². The van der Waals surface area contributed by atoms with Crippen LogP contribution in [0.2, 0.25) is 0 Å². The zero-order valence-corrected chi connectivity index (χ0v) is 21.7. The maximum atomic E-state index is 13.6. The van der Waals surface area contributed by atoms with Gasteiger partial charge in [-0.25, -0.2) is 17.1 Å². The van der Waals surface area contributed by atoms with Crippen LogP contribution in [0.4, 0.5) is 4.39 Å². The van der Waals surface area contributed by atoms with Crippen LogP contribution in [0.5, 0.6) is 0 Å². The standard InChI is InChI=1S/C28H33FN2O2S.ClH/c1-30(34(32,33)28-10-6-3-7-11-28)22-26(24-12-14-27(29)15-13-24)18-21-31-19-16-25(17-20-31)23-8-4-2-5-9-23;/h2-15,25-26H,16-22H2,1H3;1H. The predicted octanol–water partition coefficient (Wildman–Crippen LogP) is 5.92. The van der Waals surface area contributed by atoms with Crippen LogP contribution in [-0.4, -0.2) is 50.8 Å². The molecule has 0 bridgehead atoms. The quantitative estimate of drug-likeness (QED) is 0.354. The minimum Gasteiger partial charge on any atom is -0.303 e. The summed E-state index contributed by atoms with van der Waals surface area (Å²) in [6.07, 6.45) is 3.08. The van der Waals surface area contributed by atoms with Gasteiger partial charge in [0, 0.05) is 13.6 Å². The highest BCUT2D eigenvalue weighted by molar-refractivity contribution is 7.89. The Morgan fingerprint density at radius 1 is 0.914 bits per heavy atom. The second-order valence-corrected chi connectivity index (χ2v) is 11.2. The summed E-state index contributed by atoms with van der Waals surface area (Å²) >= 11 is 0. The zero-order valence-electron chi connectivity index (χ0n) is 20.1. The number of piperidine rings is 1. The van der Waals surface area contributed by atoms with E-state index >= 15 is 0 Å². The van der Waals surface area contributed by atoms with Crippen molar-refractivity contribution in [2.75, 3.05) is 33.2 Å². The van der Waals surface area contributed by atoms with Crippen molar-refractivity contribution in [3.8, 4) is 0 Å². The molecule has 4 nitrogen and oxygen atoms in total. The molecular weight excluding hydrogens is 483 g/mol. The second-order valence-electron chi connectivity index (χ2n) is 9.16. The molecule has 0 radical (unpaired) electrons. The lowest BCUT2D eigenvalue weighted by Gasteiger charge is -2.33. The molecule has 1 atom stereocenters. The third-order valence-electron chi connectivity index (χ3n) is 6.92. The summed E-state index contributed by atoms with van der Waals surface area (Å²) in [5.74, 6) is 0.305.